The first kappa shape index (κ1) is 16.9. The van der Waals surface area contributed by atoms with Gasteiger partial charge in [-0.15, -0.1) is 11.3 Å². The fourth-order valence-corrected chi connectivity index (χ4v) is 4.97. The van der Waals surface area contributed by atoms with Crippen LogP contribution < -0.4 is 10.0 Å². The van der Waals surface area contributed by atoms with Crippen LogP contribution in [0.1, 0.15) is 44.1 Å². The van der Waals surface area contributed by atoms with Crippen LogP contribution in [0.2, 0.25) is 0 Å². The molecule has 1 aliphatic carbocycles. The van der Waals surface area contributed by atoms with E-state index in [0.717, 1.165) is 17.0 Å². The molecule has 21 heavy (non-hydrogen) atoms. The van der Waals surface area contributed by atoms with Gasteiger partial charge in [-0.05, 0) is 43.2 Å². The minimum atomic E-state index is -3.36. The molecule has 1 unspecified atom stereocenters. The van der Waals surface area contributed by atoms with E-state index in [4.69, 9.17) is 0 Å². The highest BCUT2D eigenvalue weighted by atomic mass is 32.2. The Morgan fingerprint density at radius 3 is 2.57 bits per heavy atom. The van der Waals surface area contributed by atoms with E-state index in [1.807, 2.05) is 6.92 Å². The Bertz CT molecular complexity index is 574. The molecule has 0 saturated heterocycles. The second-order valence-corrected chi connectivity index (χ2v) is 9.50. The summed E-state index contributed by atoms with van der Waals surface area (Å²) in [5.41, 5.74) is 1.05. The molecule has 1 heterocycles. The molecule has 0 amide bonds. The van der Waals surface area contributed by atoms with Gasteiger partial charge in [-0.2, -0.15) is 0 Å². The molecule has 1 aromatic heterocycles. The molecule has 4 nitrogen and oxygen atoms in total. The Morgan fingerprint density at radius 1 is 1.33 bits per heavy atom. The van der Waals surface area contributed by atoms with Crippen molar-refractivity contribution in [2.24, 2.45) is 11.8 Å². The van der Waals surface area contributed by atoms with Gasteiger partial charge in [0.15, 0.2) is 0 Å². The fraction of sp³-hybridized carbons (Fsp3) is 0.733. The van der Waals surface area contributed by atoms with Crippen molar-refractivity contribution in [3.8, 4) is 0 Å². The van der Waals surface area contributed by atoms with E-state index >= 15 is 0 Å². The standard InChI is InChI=1S/C15H26N2O2S2/c1-10(2)16-9-14-11(3)7-15(20-14)21(18,19)17-8-12(4)13-5-6-13/h7,10,12-13,16-17H,5-6,8-9H2,1-4H3. The Hall–Kier alpha value is -0.430. The van der Waals surface area contributed by atoms with Crippen molar-refractivity contribution in [2.45, 2.75) is 57.3 Å². The van der Waals surface area contributed by atoms with Gasteiger partial charge in [0.05, 0.1) is 0 Å². The smallest absolute Gasteiger partial charge is 0.250 e. The zero-order valence-electron chi connectivity index (χ0n) is 13.3. The van der Waals surface area contributed by atoms with Crippen LogP contribution in [0.3, 0.4) is 0 Å². The van der Waals surface area contributed by atoms with E-state index in [9.17, 15) is 8.42 Å². The maximum atomic E-state index is 12.4. The number of sulfonamides is 1. The monoisotopic (exact) mass is 330 g/mol. The molecule has 6 heteroatoms. The van der Waals surface area contributed by atoms with Crippen molar-refractivity contribution >= 4 is 21.4 Å². The molecule has 0 aliphatic heterocycles. The van der Waals surface area contributed by atoms with Gasteiger partial charge < -0.3 is 5.32 Å². The lowest BCUT2D eigenvalue weighted by atomic mass is 10.1. The first-order chi connectivity index (χ1) is 9.79. The normalized spacial score (nSPS) is 17.4. The molecule has 0 radical (unpaired) electrons. The fourth-order valence-electron chi connectivity index (χ4n) is 2.24. The van der Waals surface area contributed by atoms with E-state index in [2.05, 4.69) is 30.8 Å². The van der Waals surface area contributed by atoms with Crippen molar-refractivity contribution in [2.75, 3.05) is 6.54 Å². The first-order valence-corrected chi connectivity index (χ1v) is 9.92. The Morgan fingerprint density at radius 2 is 2.00 bits per heavy atom. The second-order valence-electron chi connectivity index (χ2n) is 6.37. The first-order valence-electron chi connectivity index (χ1n) is 7.62. The quantitative estimate of drug-likeness (QED) is 0.770. The molecule has 1 atom stereocenters. The topological polar surface area (TPSA) is 58.2 Å². The Labute approximate surface area is 132 Å². The summed E-state index contributed by atoms with van der Waals surface area (Å²) in [6, 6.07) is 2.18. The highest BCUT2D eigenvalue weighted by molar-refractivity contribution is 7.91. The number of hydrogen-bond acceptors (Lipinski definition) is 4. The third-order valence-electron chi connectivity index (χ3n) is 3.96. The molecule has 1 fully saturated rings. The third-order valence-corrected chi connectivity index (χ3v) is 7.09. The van der Waals surface area contributed by atoms with Crippen LogP contribution in [0.5, 0.6) is 0 Å². The van der Waals surface area contributed by atoms with Crippen LogP contribution in [0.15, 0.2) is 10.3 Å². The van der Waals surface area contributed by atoms with E-state index in [-0.39, 0.29) is 0 Å². The number of aryl methyl sites for hydroxylation is 1. The molecule has 1 aromatic rings. The summed E-state index contributed by atoms with van der Waals surface area (Å²) in [6.07, 6.45) is 2.48. The SMILES string of the molecule is Cc1cc(S(=O)(=O)NCC(C)C2CC2)sc1CNC(C)C. The molecule has 2 N–H and O–H groups in total. The van der Waals surface area contributed by atoms with Crippen LogP contribution in [-0.2, 0) is 16.6 Å². The minimum absolute atomic E-state index is 0.393. The zero-order chi connectivity index (χ0) is 15.6. The second kappa shape index (κ2) is 6.77. The highest BCUT2D eigenvalue weighted by Gasteiger charge is 2.29. The summed E-state index contributed by atoms with van der Waals surface area (Å²) >= 11 is 1.37. The van der Waals surface area contributed by atoms with Gasteiger partial charge in [-0.3, -0.25) is 0 Å². The molecule has 1 aliphatic rings. The van der Waals surface area contributed by atoms with Crippen molar-refractivity contribution in [1.29, 1.82) is 0 Å². The molecular weight excluding hydrogens is 304 g/mol. The van der Waals surface area contributed by atoms with Gasteiger partial charge in [0.2, 0.25) is 10.0 Å². The summed E-state index contributed by atoms with van der Waals surface area (Å²) in [5.74, 6) is 1.14. The van der Waals surface area contributed by atoms with E-state index < -0.39 is 10.0 Å². The summed E-state index contributed by atoms with van der Waals surface area (Å²) in [4.78, 5) is 1.10. The molecule has 120 valence electrons. The summed E-state index contributed by atoms with van der Waals surface area (Å²) in [6.45, 7) is 9.53. The number of nitrogens with one attached hydrogen (secondary N) is 2. The maximum Gasteiger partial charge on any atom is 0.250 e. The van der Waals surface area contributed by atoms with Crippen LogP contribution in [-0.4, -0.2) is 21.0 Å². The average molecular weight is 331 g/mol. The van der Waals surface area contributed by atoms with Crippen molar-refractivity contribution < 1.29 is 8.42 Å². The maximum absolute atomic E-state index is 12.4. The molecule has 0 aromatic carbocycles. The summed E-state index contributed by atoms with van der Waals surface area (Å²) < 4.78 is 27.9. The van der Waals surface area contributed by atoms with Crippen LogP contribution in [0.25, 0.3) is 0 Å². The number of thiophene rings is 1. The summed E-state index contributed by atoms with van der Waals surface area (Å²) in [5, 5.41) is 3.34. The van der Waals surface area contributed by atoms with Crippen molar-refractivity contribution in [3.63, 3.8) is 0 Å². The van der Waals surface area contributed by atoms with E-state index in [1.54, 1.807) is 6.07 Å². The van der Waals surface area contributed by atoms with Crippen LogP contribution >= 0.6 is 11.3 Å². The Kier molecular flexibility index (Phi) is 5.46. The number of hydrogen-bond donors (Lipinski definition) is 2. The van der Waals surface area contributed by atoms with Crippen molar-refractivity contribution in [3.05, 3.63) is 16.5 Å². The lowest BCUT2D eigenvalue weighted by molar-refractivity contribution is 0.492. The van der Waals surface area contributed by atoms with E-state index in [1.165, 1.54) is 24.2 Å². The predicted octanol–water partition coefficient (Wildman–Crippen LogP) is 2.88. The predicted molar refractivity (Wildman–Crippen MR) is 88.1 cm³/mol. The van der Waals surface area contributed by atoms with Crippen molar-refractivity contribution in [1.82, 2.24) is 10.0 Å². The van der Waals surface area contributed by atoms with Crippen LogP contribution in [0, 0.1) is 18.8 Å². The third kappa shape index (κ3) is 4.77. The minimum Gasteiger partial charge on any atom is -0.310 e. The largest absolute Gasteiger partial charge is 0.310 e. The van der Waals surface area contributed by atoms with Gasteiger partial charge in [-0.25, -0.2) is 13.1 Å². The van der Waals surface area contributed by atoms with Gasteiger partial charge in [0, 0.05) is 24.0 Å². The lowest BCUT2D eigenvalue weighted by Crippen LogP contribution is -2.28. The molecular formula is C15H26N2O2S2. The average Bonchev–Trinajstić information content (AvgIpc) is 3.17. The van der Waals surface area contributed by atoms with Gasteiger partial charge >= 0.3 is 0 Å². The number of rotatable bonds is 8. The van der Waals surface area contributed by atoms with Gasteiger partial charge in [0.25, 0.3) is 0 Å². The Balaban J connectivity index is 2.00. The van der Waals surface area contributed by atoms with Gasteiger partial charge in [-0.1, -0.05) is 20.8 Å². The molecule has 1 saturated carbocycles. The molecule has 0 spiro atoms. The zero-order valence-corrected chi connectivity index (χ0v) is 14.9. The molecule has 0 bridgehead atoms. The van der Waals surface area contributed by atoms with Crippen LogP contribution in [0.4, 0.5) is 0 Å². The molecule has 2 rings (SSSR count). The van der Waals surface area contributed by atoms with E-state index in [0.29, 0.717) is 28.6 Å². The van der Waals surface area contributed by atoms with Gasteiger partial charge in [0.1, 0.15) is 4.21 Å². The lowest BCUT2D eigenvalue weighted by Gasteiger charge is -2.10. The highest BCUT2D eigenvalue weighted by Crippen LogP contribution is 2.36. The summed E-state index contributed by atoms with van der Waals surface area (Å²) in [7, 11) is -3.36.